The zero-order valence-electron chi connectivity index (χ0n) is 16.0. The average molecular weight is 414 g/mol. The number of carbonyl (C=O) groups excluding carboxylic acids is 1. The molecule has 28 heavy (non-hydrogen) atoms. The molecular formula is C20H29F2N3O2S. The molecule has 1 amide bonds. The summed E-state index contributed by atoms with van der Waals surface area (Å²) in [5, 5.41) is 8.22. The van der Waals surface area contributed by atoms with Gasteiger partial charge >= 0.3 is 0 Å². The Kier molecular flexibility index (Phi) is 7.15. The summed E-state index contributed by atoms with van der Waals surface area (Å²) in [7, 11) is -1.77. The molecule has 5 nitrogen and oxygen atoms in total. The number of halogens is 2. The zero-order valence-corrected chi connectivity index (χ0v) is 16.9. The van der Waals surface area contributed by atoms with Gasteiger partial charge in [-0.2, -0.15) is 0 Å². The molecule has 1 heterocycles. The Hall–Kier alpha value is -1.41. The van der Waals surface area contributed by atoms with Crippen LogP contribution in [-0.4, -0.2) is 21.0 Å². The topological polar surface area (TPSA) is 85.1 Å². The van der Waals surface area contributed by atoms with Crippen LogP contribution in [-0.2, 0) is 15.8 Å². The largest absolute Gasteiger partial charge is 0.326 e. The fourth-order valence-corrected chi connectivity index (χ4v) is 5.16. The Morgan fingerprint density at radius 2 is 1.86 bits per heavy atom. The van der Waals surface area contributed by atoms with Crippen LogP contribution in [0.2, 0.25) is 0 Å². The highest BCUT2D eigenvalue weighted by Crippen LogP contribution is 2.46. The van der Waals surface area contributed by atoms with Gasteiger partial charge in [-0.15, -0.1) is 0 Å². The van der Waals surface area contributed by atoms with Crippen molar-refractivity contribution in [2.75, 3.05) is 5.32 Å². The molecule has 2 aliphatic carbocycles. The summed E-state index contributed by atoms with van der Waals surface area (Å²) in [5.74, 6) is -3.58. The minimum Gasteiger partial charge on any atom is -0.326 e. The van der Waals surface area contributed by atoms with E-state index in [-0.39, 0.29) is 23.3 Å². The van der Waals surface area contributed by atoms with Gasteiger partial charge in [-0.3, -0.25) is 4.79 Å². The fourth-order valence-electron chi connectivity index (χ4n) is 4.75. The SMILES string of the molecule is NS(=O)c1cc(NC(=O)C2CC(F)(F)CCC2C2CCCCCCC2)ccn1. The van der Waals surface area contributed by atoms with Crippen LogP contribution < -0.4 is 10.5 Å². The molecule has 0 aromatic carbocycles. The van der Waals surface area contributed by atoms with Gasteiger partial charge in [0.2, 0.25) is 11.8 Å². The second-order valence-electron chi connectivity index (χ2n) is 8.14. The highest BCUT2D eigenvalue weighted by atomic mass is 32.2. The van der Waals surface area contributed by atoms with E-state index in [1.54, 1.807) is 6.07 Å². The number of pyridine rings is 1. The van der Waals surface area contributed by atoms with Crippen molar-refractivity contribution < 1.29 is 17.8 Å². The van der Waals surface area contributed by atoms with Gasteiger partial charge in [0.1, 0.15) is 16.0 Å². The van der Waals surface area contributed by atoms with Gasteiger partial charge in [0, 0.05) is 30.6 Å². The van der Waals surface area contributed by atoms with E-state index >= 15 is 0 Å². The number of nitrogens with two attached hydrogens (primary N) is 1. The molecule has 2 aliphatic rings. The van der Waals surface area contributed by atoms with Crippen molar-refractivity contribution in [2.24, 2.45) is 22.9 Å². The maximum absolute atomic E-state index is 14.2. The van der Waals surface area contributed by atoms with Crippen LogP contribution in [0.3, 0.4) is 0 Å². The van der Waals surface area contributed by atoms with Gasteiger partial charge in [0.15, 0.2) is 0 Å². The summed E-state index contributed by atoms with van der Waals surface area (Å²) in [6.07, 6.45) is 9.14. The summed E-state index contributed by atoms with van der Waals surface area (Å²) < 4.78 is 39.7. The van der Waals surface area contributed by atoms with Crippen molar-refractivity contribution >= 4 is 22.6 Å². The van der Waals surface area contributed by atoms with Crippen molar-refractivity contribution in [3.63, 3.8) is 0 Å². The van der Waals surface area contributed by atoms with E-state index in [2.05, 4.69) is 10.3 Å². The number of anilines is 1. The second-order valence-corrected chi connectivity index (χ2v) is 9.16. The van der Waals surface area contributed by atoms with E-state index < -0.39 is 29.2 Å². The third kappa shape index (κ3) is 5.56. The number of amides is 1. The predicted octanol–water partition coefficient (Wildman–Crippen LogP) is 4.41. The van der Waals surface area contributed by atoms with Gasteiger partial charge in [0.05, 0.1) is 0 Å². The standard InChI is InChI=1S/C20H29F2N3O2S/c21-20(22)10-8-16(14-6-4-2-1-3-5-7-14)17(13-20)19(26)25-15-9-11-24-18(12-15)28(23)27/h9,11-12,14,16-17H,1-8,10,13,23H2,(H,24,25,26). The molecule has 3 atom stereocenters. The molecular weight excluding hydrogens is 384 g/mol. The maximum atomic E-state index is 14.2. The Bertz CT molecular complexity index is 708. The van der Waals surface area contributed by atoms with Crippen LogP contribution in [0.5, 0.6) is 0 Å². The summed E-state index contributed by atoms with van der Waals surface area (Å²) >= 11 is 0. The Morgan fingerprint density at radius 3 is 2.54 bits per heavy atom. The van der Waals surface area contributed by atoms with E-state index in [4.69, 9.17) is 5.14 Å². The number of rotatable bonds is 4. The summed E-state index contributed by atoms with van der Waals surface area (Å²) in [6.45, 7) is 0. The highest BCUT2D eigenvalue weighted by Gasteiger charge is 2.46. The molecule has 0 saturated heterocycles. The maximum Gasteiger partial charge on any atom is 0.248 e. The molecule has 3 N–H and O–H groups in total. The number of carbonyl (C=O) groups is 1. The Labute approximate surface area is 167 Å². The van der Waals surface area contributed by atoms with Crippen molar-refractivity contribution in [3.05, 3.63) is 18.3 Å². The first-order valence-electron chi connectivity index (χ1n) is 10.2. The third-order valence-corrected chi connectivity index (χ3v) is 6.81. The van der Waals surface area contributed by atoms with Crippen molar-refractivity contribution in [1.29, 1.82) is 0 Å². The molecule has 3 rings (SSSR count). The minimum absolute atomic E-state index is 0.0114. The average Bonchev–Trinajstić information content (AvgIpc) is 2.61. The summed E-state index contributed by atoms with van der Waals surface area (Å²) in [5.41, 5.74) is 0.388. The Balaban J connectivity index is 1.76. The molecule has 1 aromatic heterocycles. The number of hydrogen-bond acceptors (Lipinski definition) is 3. The molecule has 2 saturated carbocycles. The first kappa shape index (κ1) is 21.3. The minimum atomic E-state index is -2.80. The molecule has 1 aromatic rings. The number of nitrogens with one attached hydrogen (secondary N) is 1. The summed E-state index contributed by atoms with van der Waals surface area (Å²) in [6, 6.07) is 2.99. The lowest BCUT2D eigenvalue weighted by molar-refractivity contribution is -0.134. The van der Waals surface area contributed by atoms with E-state index in [0.29, 0.717) is 18.0 Å². The molecule has 0 aliphatic heterocycles. The zero-order chi connectivity index (χ0) is 20.1. The van der Waals surface area contributed by atoms with Crippen LogP contribution in [0.4, 0.5) is 14.5 Å². The van der Waals surface area contributed by atoms with E-state index in [1.165, 1.54) is 31.5 Å². The van der Waals surface area contributed by atoms with Crippen LogP contribution in [0.1, 0.15) is 64.2 Å². The normalized spacial score (nSPS) is 27.4. The monoisotopic (exact) mass is 413 g/mol. The Morgan fingerprint density at radius 1 is 1.18 bits per heavy atom. The first-order chi connectivity index (χ1) is 13.4. The fraction of sp³-hybridized carbons (Fsp3) is 0.700. The lowest BCUT2D eigenvalue weighted by Crippen LogP contribution is -2.42. The lowest BCUT2D eigenvalue weighted by atomic mass is 9.67. The van der Waals surface area contributed by atoms with Gasteiger partial charge in [-0.1, -0.05) is 44.9 Å². The molecule has 0 radical (unpaired) electrons. The van der Waals surface area contributed by atoms with E-state index in [0.717, 1.165) is 25.7 Å². The number of alkyl halides is 2. The van der Waals surface area contributed by atoms with Gasteiger partial charge < -0.3 is 5.32 Å². The van der Waals surface area contributed by atoms with Crippen LogP contribution in [0.15, 0.2) is 23.4 Å². The molecule has 3 unspecified atom stereocenters. The van der Waals surface area contributed by atoms with Crippen LogP contribution in [0, 0.1) is 17.8 Å². The van der Waals surface area contributed by atoms with Crippen molar-refractivity contribution in [1.82, 2.24) is 4.98 Å². The highest BCUT2D eigenvalue weighted by molar-refractivity contribution is 7.82. The molecule has 0 spiro atoms. The van der Waals surface area contributed by atoms with E-state index in [9.17, 15) is 17.8 Å². The van der Waals surface area contributed by atoms with Gasteiger partial charge in [0.25, 0.3) is 0 Å². The van der Waals surface area contributed by atoms with Gasteiger partial charge in [-0.05, 0) is 30.4 Å². The molecule has 2 fully saturated rings. The third-order valence-electron chi connectivity index (χ3n) is 6.18. The second kappa shape index (κ2) is 9.39. The van der Waals surface area contributed by atoms with Gasteiger partial charge in [-0.25, -0.2) is 23.1 Å². The lowest BCUT2D eigenvalue weighted by Gasteiger charge is -2.40. The van der Waals surface area contributed by atoms with Crippen LogP contribution >= 0.6 is 0 Å². The smallest absolute Gasteiger partial charge is 0.248 e. The summed E-state index contributed by atoms with van der Waals surface area (Å²) in [4.78, 5) is 16.9. The van der Waals surface area contributed by atoms with E-state index in [1.807, 2.05) is 0 Å². The van der Waals surface area contributed by atoms with Crippen molar-refractivity contribution in [2.45, 2.75) is 75.2 Å². The predicted molar refractivity (Wildman–Crippen MR) is 105 cm³/mol. The molecule has 156 valence electrons. The molecule has 8 heteroatoms. The number of aromatic nitrogens is 1. The van der Waals surface area contributed by atoms with Crippen LogP contribution in [0.25, 0.3) is 0 Å². The number of nitrogens with zero attached hydrogens (tertiary/aromatic N) is 1. The number of hydrogen-bond donors (Lipinski definition) is 2. The van der Waals surface area contributed by atoms with Crippen molar-refractivity contribution in [3.8, 4) is 0 Å². The molecule has 0 bridgehead atoms. The quantitative estimate of drug-likeness (QED) is 0.766. The first-order valence-corrected chi connectivity index (χ1v) is 11.4.